The highest BCUT2D eigenvalue weighted by Crippen LogP contribution is 2.14. The SMILES string of the molecule is CCCNC(C)(CCCOCCOC)C(=O)OC. The van der Waals surface area contributed by atoms with Gasteiger partial charge in [0.1, 0.15) is 5.54 Å². The summed E-state index contributed by atoms with van der Waals surface area (Å²) in [6.45, 7) is 6.57. The quantitative estimate of drug-likeness (QED) is 0.449. The first-order valence-electron chi connectivity index (χ1n) is 6.50. The summed E-state index contributed by atoms with van der Waals surface area (Å²) in [6, 6.07) is 0. The molecule has 0 heterocycles. The van der Waals surface area contributed by atoms with Gasteiger partial charge in [-0.25, -0.2) is 0 Å². The van der Waals surface area contributed by atoms with Crippen LogP contribution < -0.4 is 5.32 Å². The van der Waals surface area contributed by atoms with Gasteiger partial charge in [-0.3, -0.25) is 4.79 Å². The number of hydrogen-bond donors (Lipinski definition) is 1. The van der Waals surface area contributed by atoms with Gasteiger partial charge in [0.25, 0.3) is 0 Å². The van der Waals surface area contributed by atoms with E-state index in [9.17, 15) is 4.79 Å². The fourth-order valence-corrected chi connectivity index (χ4v) is 1.66. The smallest absolute Gasteiger partial charge is 0.325 e. The van der Waals surface area contributed by atoms with Crippen molar-refractivity contribution in [3.63, 3.8) is 0 Å². The zero-order chi connectivity index (χ0) is 13.9. The molecule has 18 heavy (non-hydrogen) atoms. The van der Waals surface area contributed by atoms with Crippen LogP contribution in [0.2, 0.25) is 0 Å². The lowest BCUT2D eigenvalue weighted by Crippen LogP contribution is -2.50. The molecule has 0 rings (SSSR count). The van der Waals surface area contributed by atoms with E-state index in [0.717, 1.165) is 19.4 Å². The molecular weight excluding hydrogens is 234 g/mol. The zero-order valence-corrected chi connectivity index (χ0v) is 12.1. The molecule has 0 aliphatic carbocycles. The number of hydrogen-bond acceptors (Lipinski definition) is 5. The predicted octanol–water partition coefficient (Wildman–Crippen LogP) is 1.36. The van der Waals surface area contributed by atoms with Gasteiger partial charge in [0, 0.05) is 13.7 Å². The highest BCUT2D eigenvalue weighted by atomic mass is 16.5. The number of rotatable bonds is 11. The molecule has 0 aliphatic heterocycles. The fraction of sp³-hybridized carbons (Fsp3) is 0.923. The normalized spacial score (nSPS) is 14.2. The van der Waals surface area contributed by atoms with Crippen molar-refractivity contribution in [1.82, 2.24) is 5.32 Å². The molecule has 0 aromatic heterocycles. The number of ether oxygens (including phenoxy) is 3. The van der Waals surface area contributed by atoms with E-state index in [2.05, 4.69) is 12.2 Å². The molecule has 0 aromatic carbocycles. The standard InChI is InChI=1S/C13H27NO4/c1-5-8-14-13(2,12(15)17-4)7-6-9-18-11-10-16-3/h14H,5-11H2,1-4H3. The van der Waals surface area contributed by atoms with Gasteiger partial charge in [-0.1, -0.05) is 6.92 Å². The largest absolute Gasteiger partial charge is 0.468 e. The lowest BCUT2D eigenvalue weighted by molar-refractivity contribution is -0.148. The van der Waals surface area contributed by atoms with E-state index in [1.54, 1.807) is 7.11 Å². The van der Waals surface area contributed by atoms with Crippen molar-refractivity contribution in [2.45, 2.75) is 38.6 Å². The molecule has 5 heteroatoms. The van der Waals surface area contributed by atoms with Crippen LogP contribution in [0.25, 0.3) is 0 Å². The van der Waals surface area contributed by atoms with Gasteiger partial charge in [0.2, 0.25) is 0 Å². The molecule has 1 N–H and O–H groups in total. The Hall–Kier alpha value is -0.650. The molecule has 0 aliphatic rings. The van der Waals surface area contributed by atoms with Crippen LogP contribution in [-0.4, -0.2) is 52.1 Å². The molecule has 108 valence electrons. The molecular formula is C13H27NO4. The molecule has 0 saturated heterocycles. The van der Waals surface area contributed by atoms with Crippen LogP contribution in [0.1, 0.15) is 33.1 Å². The van der Waals surface area contributed by atoms with Gasteiger partial charge >= 0.3 is 5.97 Å². The second-order valence-electron chi connectivity index (χ2n) is 4.46. The minimum Gasteiger partial charge on any atom is -0.468 e. The Balaban J connectivity index is 3.97. The second kappa shape index (κ2) is 10.3. The number of methoxy groups -OCH3 is 2. The molecule has 0 aromatic rings. The summed E-state index contributed by atoms with van der Waals surface area (Å²) in [6.07, 6.45) is 2.50. The first-order valence-corrected chi connectivity index (χ1v) is 6.50. The third-order valence-corrected chi connectivity index (χ3v) is 2.80. The zero-order valence-electron chi connectivity index (χ0n) is 12.1. The maximum atomic E-state index is 11.8. The molecule has 5 nitrogen and oxygen atoms in total. The van der Waals surface area contributed by atoms with E-state index >= 15 is 0 Å². The second-order valence-corrected chi connectivity index (χ2v) is 4.46. The van der Waals surface area contributed by atoms with Crippen molar-refractivity contribution in [3.8, 4) is 0 Å². The maximum Gasteiger partial charge on any atom is 0.325 e. The summed E-state index contributed by atoms with van der Waals surface area (Å²) in [5, 5.41) is 3.24. The molecule has 0 radical (unpaired) electrons. The van der Waals surface area contributed by atoms with E-state index in [0.29, 0.717) is 26.2 Å². The third kappa shape index (κ3) is 6.93. The topological polar surface area (TPSA) is 56.8 Å². The monoisotopic (exact) mass is 261 g/mol. The molecule has 0 amide bonds. The first kappa shape index (κ1) is 17.4. The number of nitrogens with one attached hydrogen (secondary N) is 1. The van der Waals surface area contributed by atoms with E-state index in [-0.39, 0.29) is 5.97 Å². The first-order chi connectivity index (χ1) is 8.60. The molecule has 0 saturated carbocycles. The fourth-order valence-electron chi connectivity index (χ4n) is 1.66. The molecule has 0 fully saturated rings. The average molecular weight is 261 g/mol. The molecule has 0 spiro atoms. The summed E-state index contributed by atoms with van der Waals surface area (Å²) < 4.78 is 15.1. The van der Waals surface area contributed by atoms with Gasteiger partial charge in [0.15, 0.2) is 0 Å². The van der Waals surface area contributed by atoms with E-state index in [1.807, 2.05) is 6.92 Å². The van der Waals surface area contributed by atoms with Crippen LogP contribution in [-0.2, 0) is 19.0 Å². The van der Waals surface area contributed by atoms with Crippen molar-refractivity contribution in [2.75, 3.05) is 40.6 Å². The third-order valence-electron chi connectivity index (χ3n) is 2.80. The van der Waals surface area contributed by atoms with Crippen molar-refractivity contribution in [3.05, 3.63) is 0 Å². The van der Waals surface area contributed by atoms with Gasteiger partial charge in [0.05, 0.1) is 20.3 Å². The molecule has 1 unspecified atom stereocenters. The Kier molecular flexibility index (Phi) is 9.92. The summed E-state index contributed by atoms with van der Waals surface area (Å²) in [5.41, 5.74) is -0.616. The summed E-state index contributed by atoms with van der Waals surface area (Å²) in [4.78, 5) is 11.8. The predicted molar refractivity (Wildman–Crippen MR) is 70.6 cm³/mol. The highest BCUT2D eigenvalue weighted by Gasteiger charge is 2.32. The van der Waals surface area contributed by atoms with Crippen molar-refractivity contribution >= 4 is 5.97 Å². The number of carbonyl (C=O) groups excluding carboxylic acids is 1. The van der Waals surface area contributed by atoms with Crippen molar-refractivity contribution < 1.29 is 19.0 Å². The Morgan fingerprint density at radius 1 is 1.22 bits per heavy atom. The van der Waals surface area contributed by atoms with Crippen molar-refractivity contribution in [1.29, 1.82) is 0 Å². The number of carbonyl (C=O) groups is 1. The van der Waals surface area contributed by atoms with Crippen LogP contribution in [0, 0.1) is 0 Å². The van der Waals surface area contributed by atoms with E-state index < -0.39 is 5.54 Å². The van der Waals surface area contributed by atoms with Crippen LogP contribution in [0.15, 0.2) is 0 Å². The molecule has 0 bridgehead atoms. The average Bonchev–Trinajstić information content (AvgIpc) is 2.39. The summed E-state index contributed by atoms with van der Waals surface area (Å²) in [5.74, 6) is -0.215. The Bertz CT molecular complexity index is 223. The van der Waals surface area contributed by atoms with Crippen molar-refractivity contribution in [2.24, 2.45) is 0 Å². The Morgan fingerprint density at radius 3 is 2.50 bits per heavy atom. The van der Waals surface area contributed by atoms with E-state index in [1.165, 1.54) is 7.11 Å². The van der Waals surface area contributed by atoms with E-state index in [4.69, 9.17) is 14.2 Å². The van der Waals surface area contributed by atoms with Gasteiger partial charge < -0.3 is 19.5 Å². The highest BCUT2D eigenvalue weighted by molar-refractivity contribution is 5.80. The van der Waals surface area contributed by atoms with Gasteiger partial charge in [-0.2, -0.15) is 0 Å². The summed E-state index contributed by atoms with van der Waals surface area (Å²) in [7, 11) is 3.07. The van der Waals surface area contributed by atoms with Crippen LogP contribution in [0.3, 0.4) is 0 Å². The maximum absolute atomic E-state index is 11.8. The van der Waals surface area contributed by atoms with Gasteiger partial charge in [-0.05, 0) is 32.7 Å². The minimum atomic E-state index is -0.616. The lowest BCUT2D eigenvalue weighted by Gasteiger charge is -2.28. The molecule has 1 atom stereocenters. The minimum absolute atomic E-state index is 0.215. The Labute approximate surface area is 110 Å². The number of esters is 1. The Morgan fingerprint density at radius 2 is 1.94 bits per heavy atom. The van der Waals surface area contributed by atoms with Gasteiger partial charge in [-0.15, -0.1) is 0 Å². The summed E-state index contributed by atoms with van der Waals surface area (Å²) >= 11 is 0. The van der Waals surface area contributed by atoms with Crippen LogP contribution >= 0.6 is 0 Å². The van der Waals surface area contributed by atoms with Crippen LogP contribution in [0.4, 0.5) is 0 Å². The van der Waals surface area contributed by atoms with Crippen LogP contribution in [0.5, 0.6) is 0 Å². The lowest BCUT2D eigenvalue weighted by atomic mass is 9.96.